The lowest BCUT2D eigenvalue weighted by atomic mass is 10.1. The number of benzene rings is 1. The van der Waals surface area contributed by atoms with Crippen molar-refractivity contribution in [1.29, 1.82) is 0 Å². The molecule has 0 aliphatic rings. The summed E-state index contributed by atoms with van der Waals surface area (Å²) >= 11 is 0. The van der Waals surface area contributed by atoms with E-state index in [2.05, 4.69) is 15.2 Å². The average Bonchev–Trinajstić information content (AvgIpc) is 2.59. The summed E-state index contributed by atoms with van der Waals surface area (Å²) in [5.41, 5.74) is 1.45. The largest absolute Gasteiger partial charge is 0.442 e. The zero-order chi connectivity index (χ0) is 18.0. The van der Waals surface area contributed by atoms with Crippen LogP contribution < -0.4 is 10.9 Å². The van der Waals surface area contributed by atoms with E-state index in [0.29, 0.717) is 16.6 Å². The van der Waals surface area contributed by atoms with Gasteiger partial charge in [-0.25, -0.2) is 10.6 Å². The van der Waals surface area contributed by atoms with Crippen molar-refractivity contribution in [2.24, 2.45) is 5.84 Å². The summed E-state index contributed by atoms with van der Waals surface area (Å²) in [6, 6.07) is 13.1. The normalized spacial score (nSPS) is 11.4. The molecule has 0 atom stereocenters. The first-order valence-corrected chi connectivity index (χ1v) is 7.81. The number of hydrogen-bond donors (Lipinski definition) is 1. The summed E-state index contributed by atoms with van der Waals surface area (Å²) in [5, 5.41) is 9.85. The third kappa shape index (κ3) is 3.56. The van der Waals surface area contributed by atoms with Gasteiger partial charge in [-0.15, -0.1) is 10.2 Å². The number of aromatic nitrogens is 3. The number of ether oxygens (including phenoxy) is 1. The molecular formula is C18H19N5O2. The Labute approximate surface area is 145 Å². The van der Waals surface area contributed by atoms with E-state index in [0.717, 1.165) is 10.6 Å². The molecule has 7 nitrogen and oxygen atoms in total. The second-order valence-electron chi connectivity index (χ2n) is 6.49. The summed E-state index contributed by atoms with van der Waals surface area (Å²) in [7, 11) is 0. The summed E-state index contributed by atoms with van der Waals surface area (Å²) < 4.78 is 5.29. The summed E-state index contributed by atoms with van der Waals surface area (Å²) in [4.78, 5) is 16.6. The van der Waals surface area contributed by atoms with E-state index >= 15 is 0 Å². The van der Waals surface area contributed by atoms with Crippen LogP contribution in [0.2, 0.25) is 0 Å². The molecule has 2 heterocycles. The first kappa shape index (κ1) is 16.8. The standard InChI is InChI=1S/C18H19N5O2/c1-18(2,3)25-17(24)23(19)16-13-10-7-11-20-15(13)14(21-22-16)12-8-5-4-6-9-12/h4-11H,19H2,1-3H3. The lowest BCUT2D eigenvalue weighted by Gasteiger charge is -2.24. The molecule has 0 radical (unpaired) electrons. The zero-order valence-electron chi connectivity index (χ0n) is 14.3. The van der Waals surface area contributed by atoms with Gasteiger partial charge in [0.2, 0.25) is 0 Å². The third-order valence-corrected chi connectivity index (χ3v) is 3.38. The van der Waals surface area contributed by atoms with Gasteiger partial charge in [0.05, 0.1) is 0 Å². The van der Waals surface area contributed by atoms with E-state index in [9.17, 15) is 4.79 Å². The zero-order valence-corrected chi connectivity index (χ0v) is 14.3. The van der Waals surface area contributed by atoms with Crippen LogP contribution in [-0.2, 0) is 4.74 Å². The predicted molar refractivity (Wildman–Crippen MR) is 95.7 cm³/mol. The number of nitrogens with zero attached hydrogens (tertiary/aromatic N) is 4. The number of nitrogens with two attached hydrogens (primary N) is 1. The maximum atomic E-state index is 12.2. The Bertz CT molecular complexity index is 906. The van der Waals surface area contributed by atoms with E-state index in [-0.39, 0.29) is 5.82 Å². The van der Waals surface area contributed by atoms with Crippen LogP contribution in [-0.4, -0.2) is 26.9 Å². The Morgan fingerprint density at radius 3 is 2.48 bits per heavy atom. The maximum Gasteiger partial charge on any atom is 0.430 e. The van der Waals surface area contributed by atoms with Crippen LogP contribution in [0.5, 0.6) is 0 Å². The Morgan fingerprint density at radius 1 is 1.08 bits per heavy atom. The molecule has 1 amide bonds. The van der Waals surface area contributed by atoms with Crippen LogP contribution in [0.3, 0.4) is 0 Å². The van der Waals surface area contributed by atoms with E-state index in [1.165, 1.54) is 0 Å². The molecule has 0 saturated carbocycles. The third-order valence-electron chi connectivity index (χ3n) is 3.38. The molecule has 0 fully saturated rings. The number of anilines is 1. The second kappa shape index (κ2) is 6.45. The number of hydrogen-bond acceptors (Lipinski definition) is 6. The van der Waals surface area contributed by atoms with Crippen molar-refractivity contribution in [3.8, 4) is 11.3 Å². The molecule has 128 valence electrons. The van der Waals surface area contributed by atoms with Crippen molar-refractivity contribution in [2.45, 2.75) is 26.4 Å². The fraction of sp³-hybridized carbons (Fsp3) is 0.222. The minimum atomic E-state index is -0.709. The highest BCUT2D eigenvalue weighted by Crippen LogP contribution is 2.29. The van der Waals surface area contributed by atoms with Gasteiger partial charge in [-0.2, -0.15) is 5.01 Å². The Morgan fingerprint density at radius 2 is 1.80 bits per heavy atom. The fourth-order valence-electron chi connectivity index (χ4n) is 2.34. The van der Waals surface area contributed by atoms with Crippen LogP contribution in [0.4, 0.5) is 10.6 Å². The van der Waals surface area contributed by atoms with Crippen molar-refractivity contribution in [3.05, 3.63) is 48.7 Å². The molecule has 0 spiro atoms. The van der Waals surface area contributed by atoms with Crippen LogP contribution in [0.25, 0.3) is 22.2 Å². The number of carbonyl (C=O) groups excluding carboxylic acids is 1. The van der Waals surface area contributed by atoms with Gasteiger partial charge in [0.25, 0.3) is 0 Å². The molecule has 0 unspecified atom stereocenters. The molecule has 2 N–H and O–H groups in total. The molecule has 0 bridgehead atoms. The minimum absolute atomic E-state index is 0.192. The van der Waals surface area contributed by atoms with Crippen molar-refractivity contribution in [3.63, 3.8) is 0 Å². The minimum Gasteiger partial charge on any atom is -0.442 e. The average molecular weight is 337 g/mol. The molecule has 1 aromatic carbocycles. The highest BCUT2D eigenvalue weighted by molar-refractivity contribution is 6.01. The first-order valence-electron chi connectivity index (χ1n) is 7.81. The van der Waals surface area contributed by atoms with Crippen LogP contribution >= 0.6 is 0 Å². The van der Waals surface area contributed by atoms with Gasteiger partial charge in [-0.3, -0.25) is 4.98 Å². The van der Waals surface area contributed by atoms with Gasteiger partial charge in [0.1, 0.15) is 16.8 Å². The Hall–Kier alpha value is -3.06. The van der Waals surface area contributed by atoms with Crippen molar-refractivity contribution >= 4 is 22.8 Å². The van der Waals surface area contributed by atoms with E-state index in [4.69, 9.17) is 10.6 Å². The molecular weight excluding hydrogens is 318 g/mol. The van der Waals surface area contributed by atoms with Crippen LogP contribution in [0, 0.1) is 0 Å². The van der Waals surface area contributed by atoms with Crippen molar-refractivity contribution in [2.75, 3.05) is 5.01 Å². The lowest BCUT2D eigenvalue weighted by Crippen LogP contribution is -2.42. The fourth-order valence-corrected chi connectivity index (χ4v) is 2.34. The molecule has 25 heavy (non-hydrogen) atoms. The van der Waals surface area contributed by atoms with Gasteiger partial charge in [0, 0.05) is 17.1 Å². The van der Waals surface area contributed by atoms with Crippen LogP contribution in [0.1, 0.15) is 20.8 Å². The number of fused-ring (bicyclic) bond motifs is 1. The van der Waals surface area contributed by atoms with Gasteiger partial charge >= 0.3 is 6.09 Å². The number of pyridine rings is 1. The maximum absolute atomic E-state index is 12.2. The van der Waals surface area contributed by atoms with Gasteiger partial charge in [-0.1, -0.05) is 30.3 Å². The summed E-state index contributed by atoms with van der Waals surface area (Å²) in [6.45, 7) is 5.30. The van der Waals surface area contributed by atoms with Gasteiger partial charge in [0.15, 0.2) is 5.82 Å². The van der Waals surface area contributed by atoms with E-state index in [1.807, 2.05) is 30.3 Å². The molecule has 0 aliphatic heterocycles. The lowest BCUT2D eigenvalue weighted by molar-refractivity contribution is 0.0579. The monoisotopic (exact) mass is 337 g/mol. The SMILES string of the molecule is CC(C)(C)OC(=O)N(N)c1nnc(-c2ccccc2)c2ncccc12. The summed E-state index contributed by atoms with van der Waals surface area (Å²) in [6.07, 6.45) is 0.952. The Balaban J connectivity index is 2.09. The van der Waals surface area contributed by atoms with Gasteiger partial charge in [-0.05, 0) is 32.9 Å². The summed E-state index contributed by atoms with van der Waals surface area (Å²) in [5.74, 6) is 6.12. The molecule has 3 rings (SSSR count). The highest BCUT2D eigenvalue weighted by Gasteiger charge is 2.24. The topological polar surface area (TPSA) is 94.2 Å². The number of carbonyl (C=O) groups is 1. The number of amides is 1. The quantitative estimate of drug-likeness (QED) is 0.438. The van der Waals surface area contributed by atoms with Gasteiger partial charge < -0.3 is 4.74 Å². The van der Waals surface area contributed by atoms with E-state index < -0.39 is 11.7 Å². The first-order chi connectivity index (χ1) is 11.9. The van der Waals surface area contributed by atoms with Crippen molar-refractivity contribution < 1.29 is 9.53 Å². The Kier molecular flexibility index (Phi) is 4.33. The molecule has 2 aromatic heterocycles. The highest BCUT2D eigenvalue weighted by atomic mass is 16.6. The number of hydrazine groups is 1. The number of rotatable bonds is 2. The molecule has 3 aromatic rings. The van der Waals surface area contributed by atoms with Crippen molar-refractivity contribution in [1.82, 2.24) is 15.2 Å². The second-order valence-corrected chi connectivity index (χ2v) is 6.49. The smallest absolute Gasteiger partial charge is 0.430 e. The van der Waals surface area contributed by atoms with E-state index in [1.54, 1.807) is 39.1 Å². The molecule has 0 saturated heterocycles. The molecule has 0 aliphatic carbocycles. The van der Waals surface area contributed by atoms with Crippen LogP contribution in [0.15, 0.2) is 48.7 Å². The predicted octanol–water partition coefficient (Wildman–Crippen LogP) is 3.31. The molecule has 7 heteroatoms.